The van der Waals surface area contributed by atoms with Crippen LogP contribution in [0.3, 0.4) is 0 Å². The third-order valence-electron chi connectivity index (χ3n) is 5.08. The lowest BCUT2D eigenvalue weighted by molar-refractivity contribution is -0.125. The SMILES string of the molecule is COCCCOc1cc(CCCCCC[C@@H](C)C(=O)NCCNC(C)=O)ccc1OC. The van der Waals surface area contributed by atoms with Crippen LogP contribution in [0.25, 0.3) is 0 Å². The Morgan fingerprint density at radius 3 is 2.39 bits per heavy atom. The molecule has 0 radical (unpaired) electrons. The molecule has 7 nitrogen and oxygen atoms in total. The lowest BCUT2D eigenvalue weighted by atomic mass is 10.00. The van der Waals surface area contributed by atoms with Crippen molar-refractivity contribution in [2.24, 2.45) is 5.92 Å². The van der Waals surface area contributed by atoms with Crippen LogP contribution in [0, 0.1) is 5.92 Å². The molecule has 2 N–H and O–H groups in total. The number of rotatable bonds is 17. The first kappa shape index (κ1) is 26.8. The van der Waals surface area contributed by atoms with E-state index < -0.39 is 0 Å². The molecule has 7 heteroatoms. The maximum absolute atomic E-state index is 12.0. The number of amides is 2. The second-order valence-corrected chi connectivity index (χ2v) is 7.81. The molecule has 0 saturated carbocycles. The molecular formula is C24H40N2O5. The maximum atomic E-state index is 12.0. The van der Waals surface area contributed by atoms with Gasteiger partial charge in [0.2, 0.25) is 11.8 Å². The van der Waals surface area contributed by atoms with Gasteiger partial charge in [0.25, 0.3) is 0 Å². The predicted molar refractivity (Wildman–Crippen MR) is 123 cm³/mol. The molecule has 31 heavy (non-hydrogen) atoms. The smallest absolute Gasteiger partial charge is 0.222 e. The van der Waals surface area contributed by atoms with Crippen LogP contribution < -0.4 is 20.1 Å². The number of benzene rings is 1. The molecule has 0 unspecified atom stereocenters. The minimum atomic E-state index is -0.0808. The van der Waals surface area contributed by atoms with E-state index in [0.717, 1.165) is 56.4 Å². The van der Waals surface area contributed by atoms with Gasteiger partial charge in [-0.25, -0.2) is 0 Å². The Balaban J connectivity index is 2.22. The van der Waals surface area contributed by atoms with Gasteiger partial charge in [0.1, 0.15) is 0 Å². The summed E-state index contributed by atoms with van der Waals surface area (Å²) in [4.78, 5) is 22.8. The molecule has 0 aliphatic carbocycles. The second-order valence-electron chi connectivity index (χ2n) is 7.81. The molecule has 2 amide bonds. The zero-order valence-corrected chi connectivity index (χ0v) is 19.6. The van der Waals surface area contributed by atoms with Crippen molar-refractivity contribution in [3.8, 4) is 11.5 Å². The van der Waals surface area contributed by atoms with Gasteiger partial charge in [0.15, 0.2) is 11.5 Å². The second kappa shape index (κ2) is 16.4. The molecule has 1 atom stereocenters. The summed E-state index contributed by atoms with van der Waals surface area (Å²) in [5.41, 5.74) is 1.24. The zero-order valence-electron chi connectivity index (χ0n) is 19.6. The first-order chi connectivity index (χ1) is 15.0. The Morgan fingerprint density at radius 1 is 0.935 bits per heavy atom. The van der Waals surface area contributed by atoms with Crippen LogP contribution in [-0.2, 0) is 20.7 Å². The lowest BCUT2D eigenvalue weighted by Gasteiger charge is -2.13. The number of unbranched alkanes of at least 4 members (excludes halogenated alkanes) is 3. The highest BCUT2D eigenvalue weighted by Crippen LogP contribution is 2.29. The third-order valence-corrected chi connectivity index (χ3v) is 5.08. The number of carbonyl (C=O) groups excluding carboxylic acids is 2. The van der Waals surface area contributed by atoms with Gasteiger partial charge in [-0.2, -0.15) is 0 Å². The molecule has 0 fully saturated rings. The first-order valence-electron chi connectivity index (χ1n) is 11.3. The number of hydrogen-bond acceptors (Lipinski definition) is 5. The van der Waals surface area contributed by atoms with Crippen molar-refractivity contribution in [2.45, 2.75) is 58.8 Å². The topological polar surface area (TPSA) is 85.9 Å². The van der Waals surface area contributed by atoms with Crippen LogP contribution in [0.5, 0.6) is 11.5 Å². The number of nitrogens with one attached hydrogen (secondary N) is 2. The molecule has 0 aromatic heterocycles. The molecule has 0 spiro atoms. The fourth-order valence-corrected chi connectivity index (χ4v) is 3.24. The van der Waals surface area contributed by atoms with E-state index in [1.165, 1.54) is 12.5 Å². The number of ether oxygens (including phenoxy) is 3. The summed E-state index contributed by atoms with van der Waals surface area (Å²) < 4.78 is 16.3. The summed E-state index contributed by atoms with van der Waals surface area (Å²) in [7, 11) is 3.34. The van der Waals surface area contributed by atoms with E-state index in [1.807, 2.05) is 13.0 Å². The number of methoxy groups -OCH3 is 2. The van der Waals surface area contributed by atoms with Crippen LogP contribution in [-0.4, -0.2) is 52.3 Å². The minimum Gasteiger partial charge on any atom is -0.493 e. The maximum Gasteiger partial charge on any atom is 0.222 e. The van der Waals surface area contributed by atoms with Gasteiger partial charge in [-0.15, -0.1) is 0 Å². The normalized spacial score (nSPS) is 11.6. The summed E-state index contributed by atoms with van der Waals surface area (Å²) >= 11 is 0. The molecule has 1 rings (SSSR count). The van der Waals surface area contributed by atoms with Crippen molar-refractivity contribution in [3.05, 3.63) is 23.8 Å². The van der Waals surface area contributed by atoms with Gasteiger partial charge in [-0.05, 0) is 37.0 Å². The molecular weight excluding hydrogens is 396 g/mol. The summed E-state index contributed by atoms with van der Waals surface area (Å²) in [6.45, 7) is 5.66. The van der Waals surface area contributed by atoms with E-state index in [0.29, 0.717) is 26.3 Å². The molecule has 0 aliphatic heterocycles. The highest BCUT2D eigenvalue weighted by molar-refractivity contribution is 5.78. The molecule has 176 valence electrons. The number of carbonyl (C=O) groups is 2. The lowest BCUT2D eigenvalue weighted by Crippen LogP contribution is -2.36. The van der Waals surface area contributed by atoms with Gasteiger partial charge >= 0.3 is 0 Å². The van der Waals surface area contributed by atoms with Crippen molar-refractivity contribution in [3.63, 3.8) is 0 Å². The van der Waals surface area contributed by atoms with Crippen LogP contribution >= 0.6 is 0 Å². The molecule has 0 aliphatic rings. The Kier molecular flexibility index (Phi) is 14.2. The predicted octanol–water partition coefficient (Wildman–Crippen LogP) is 3.49. The van der Waals surface area contributed by atoms with E-state index >= 15 is 0 Å². The van der Waals surface area contributed by atoms with Crippen molar-refractivity contribution in [1.29, 1.82) is 0 Å². The van der Waals surface area contributed by atoms with Crippen LogP contribution in [0.4, 0.5) is 0 Å². The van der Waals surface area contributed by atoms with Crippen LogP contribution in [0.1, 0.15) is 57.9 Å². The molecule has 1 aromatic carbocycles. The first-order valence-corrected chi connectivity index (χ1v) is 11.3. The number of hydrogen-bond donors (Lipinski definition) is 2. The molecule has 0 saturated heterocycles. The van der Waals surface area contributed by atoms with Gasteiger partial charge < -0.3 is 24.8 Å². The van der Waals surface area contributed by atoms with Crippen molar-refractivity contribution in [2.75, 3.05) is 40.5 Å². The third kappa shape index (κ3) is 12.2. The average Bonchev–Trinajstić information content (AvgIpc) is 2.76. The van der Waals surface area contributed by atoms with E-state index in [9.17, 15) is 9.59 Å². The Bertz CT molecular complexity index is 651. The summed E-state index contributed by atoms with van der Waals surface area (Å²) in [6, 6.07) is 6.13. The fourth-order valence-electron chi connectivity index (χ4n) is 3.24. The summed E-state index contributed by atoms with van der Waals surface area (Å²) in [5, 5.41) is 5.54. The quantitative estimate of drug-likeness (QED) is 0.365. The fraction of sp³-hybridized carbons (Fsp3) is 0.667. The summed E-state index contributed by atoms with van der Waals surface area (Å²) in [6.07, 6.45) is 7.11. The Labute approximate surface area is 187 Å². The Morgan fingerprint density at radius 2 is 1.68 bits per heavy atom. The highest BCUT2D eigenvalue weighted by Gasteiger charge is 2.11. The largest absolute Gasteiger partial charge is 0.493 e. The molecule has 0 heterocycles. The van der Waals surface area contributed by atoms with Crippen LogP contribution in [0.15, 0.2) is 18.2 Å². The molecule has 1 aromatic rings. The van der Waals surface area contributed by atoms with E-state index in [-0.39, 0.29) is 17.7 Å². The van der Waals surface area contributed by atoms with Gasteiger partial charge in [0.05, 0.1) is 13.7 Å². The molecule has 0 bridgehead atoms. The minimum absolute atomic E-state index is 0.00303. The highest BCUT2D eigenvalue weighted by atomic mass is 16.5. The van der Waals surface area contributed by atoms with Gasteiger partial charge in [-0.1, -0.05) is 32.3 Å². The van der Waals surface area contributed by atoms with Crippen molar-refractivity contribution in [1.82, 2.24) is 10.6 Å². The van der Waals surface area contributed by atoms with Gasteiger partial charge in [0, 0.05) is 46.1 Å². The average molecular weight is 437 g/mol. The zero-order chi connectivity index (χ0) is 22.9. The van der Waals surface area contributed by atoms with Crippen molar-refractivity contribution >= 4 is 11.8 Å². The van der Waals surface area contributed by atoms with E-state index in [1.54, 1.807) is 14.2 Å². The monoisotopic (exact) mass is 436 g/mol. The van der Waals surface area contributed by atoms with Gasteiger partial charge in [-0.3, -0.25) is 9.59 Å². The van der Waals surface area contributed by atoms with E-state index in [4.69, 9.17) is 14.2 Å². The standard InChI is InChI=1S/C24H40N2O5/c1-19(24(28)26-15-14-25-20(2)27)10-7-5-6-8-11-21-12-13-22(30-4)23(18-21)31-17-9-16-29-3/h12-13,18-19H,5-11,14-17H2,1-4H3,(H,25,27)(H,26,28)/t19-/m1/s1. The number of aryl methyl sites for hydroxylation is 1. The Hall–Kier alpha value is -2.28. The van der Waals surface area contributed by atoms with E-state index in [2.05, 4.69) is 22.8 Å². The summed E-state index contributed by atoms with van der Waals surface area (Å²) in [5.74, 6) is 1.51. The van der Waals surface area contributed by atoms with Crippen molar-refractivity contribution < 1.29 is 23.8 Å². The van der Waals surface area contributed by atoms with Crippen LogP contribution in [0.2, 0.25) is 0 Å².